The standard InChI is InChI=1S/C15H30N2O3S/c1-13(2)16-11-15(5-7-20-8-6-15)12-17(3)14-4-9-21(18,19)10-14/h13-14,16H,4-12H2,1-3H3. The molecule has 6 heteroatoms. The van der Waals surface area contributed by atoms with Gasteiger partial charge in [-0.05, 0) is 31.7 Å². The molecule has 0 aromatic rings. The Bertz CT molecular complexity index is 430. The SMILES string of the molecule is CC(C)NCC1(CN(C)C2CCS(=O)(=O)C2)CCOCC1. The van der Waals surface area contributed by atoms with Crippen molar-refractivity contribution < 1.29 is 13.2 Å². The summed E-state index contributed by atoms with van der Waals surface area (Å²) < 4.78 is 28.9. The summed E-state index contributed by atoms with van der Waals surface area (Å²) in [6.45, 7) is 7.90. The molecule has 1 atom stereocenters. The second-order valence-corrected chi connectivity index (χ2v) is 9.35. The van der Waals surface area contributed by atoms with E-state index >= 15 is 0 Å². The molecule has 0 aromatic heterocycles. The molecule has 0 amide bonds. The van der Waals surface area contributed by atoms with Crippen molar-refractivity contribution in [2.45, 2.75) is 45.2 Å². The Morgan fingerprint density at radius 3 is 2.52 bits per heavy atom. The van der Waals surface area contributed by atoms with Gasteiger partial charge in [0.15, 0.2) is 9.84 Å². The zero-order valence-corrected chi connectivity index (χ0v) is 14.4. The van der Waals surface area contributed by atoms with Crippen LogP contribution in [-0.4, -0.2) is 70.3 Å². The molecule has 2 aliphatic heterocycles. The van der Waals surface area contributed by atoms with Gasteiger partial charge in [0.2, 0.25) is 0 Å². The summed E-state index contributed by atoms with van der Waals surface area (Å²) >= 11 is 0. The Labute approximate surface area is 129 Å². The first kappa shape index (κ1) is 17.2. The van der Waals surface area contributed by atoms with Crippen molar-refractivity contribution in [3.05, 3.63) is 0 Å². The minimum absolute atomic E-state index is 0.189. The molecule has 0 saturated carbocycles. The van der Waals surface area contributed by atoms with Gasteiger partial charge in [0.1, 0.15) is 0 Å². The van der Waals surface area contributed by atoms with E-state index in [0.29, 0.717) is 17.5 Å². The predicted octanol–water partition coefficient (Wildman–Crippen LogP) is 0.900. The normalized spacial score (nSPS) is 28.3. The third-order valence-electron chi connectivity index (χ3n) is 4.86. The summed E-state index contributed by atoms with van der Waals surface area (Å²) in [5.41, 5.74) is 0.212. The van der Waals surface area contributed by atoms with Crippen LogP contribution in [0.4, 0.5) is 0 Å². The summed E-state index contributed by atoms with van der Waals surface area (Å²) in [5, 5.41) is 3.57. The van der Waals surface area contributed by atoms with E-state index in [4.69, 9.17) is 4.74 Å². The molecule has 124 valence electrons. The lowest BCUT2D eigenvalue weighted by Gasteiger charge is -2.42. The highest BCUT2D eigenvalue weighted by Gasteiger charge is 2.37. The van der Waals surface area contributed by atoms with Gasteiger partial charge in [-0.15, -0.1) is 0 Å². The Morgan fingerprint density at radius 1 is 1.33 bits per heavy atom. The van der Waals surface area contributed by atoms with Gasteiger partial charge < -0.3 is 15.0 Å². The largest absolute Gasteiger partial charge is 0.381 e. The van der Waals surface area contributed by atoms with Crippen LogP contribution in [0.3, 0.4) is 0 Å². The average molecular weight is 318 g/mol. The molecule has 0 aliphatic carbocycles. The van der Waals surface area contributed by atoms with Crippen molar-refractivity contribution in [3.8, 4) is 0 Å². The summed E-state index contributed by atoms with van der Waals surface area (Å²) in [6.07, 6.45) is 2.89. The highest BCUT2D eigenvalue weighted by molar-refractivity contribution is 7.91. The topological polar surface area (TPSA) is 58.6 Å². The molecule has 21 heavy (non-hydrogen) atoms. The second-order valence-electron chi connectivity index (χ2n) is 7.12. The lowest BCUT2D eigenvalue weighted by molar-refractivity contribution is -0.00603. The smallest absolute Gasteiger partial charge is 0.151 e. The van der Waals surface area contributed by atoms with E-state index in [2.05, 4.69) is 31.1 Å². The molecule has 1 N–H and O–H groups in total. The first-order valence-corrected chi connectivity index (χ1v) is 9.86. The number of hydrogen-bond donors (Lipinski definition) is 1. The van der Waals surface area contributed by atoms with E-state index in [1.165, 1.54) is 0 Å². The summed E-state index contributed by atoms with van der Waals surface area (Å²) in [4.78, 5) is 2.28. The Kier molecular flexibility index (Phi) is 5.68. The minimum atomic E-state index is -2.81. The van der Waals surface area contributed by atoms with E-state index in [-0.39, 0.29) is 11.5 Å². The Hall–Kier alpha value is -0.170. The maximum atomic E-state index is 11.7. The second kappa shape index (κ2) is 6.94. The zero-order chi connectivity index (χ0) is 15.5. The average Bonchev–Trinajstić information content (AvgIpc) is 2.78. The number of rotatable bonds is 6. The van der Waals surface area contributed by atoms with Crippen molar-refractivity contribution in [1.29, 1.82) is 0 Å². The monoisotopic (exact) mass is 318 g/mol. The Morgan fingerprint density at radius 2 is 2.00 bits per heavy atom. The third kappa shape index (κ3) is 4.91. The first-order chi connectivity index (χ1) is 9.82. The maximum Gasteiger partial charge on any atom is 0.151 e. The van der Waals surface area contributed by atoms with E-state index < -0.39 is 9.84 Å². The fourth-order valence-electron chi connectivity index (χ4n) is 3.40. The van der Waals surface area contributed by atoms with Crippen LogP contribution in [0.2, 0.25) is 0 Å². The molecule has 5 nitrogen and oxygen atoms in total. The summed E-state index contributed by atoms with van der Waals surface area (Å²) in [7, 11) is -0.727. The molecule has 2 aliphatic rings. The maximum absolute atomic E-state index is 11.7. The highest BCUT2D eigenvalue weighted by atomic mass is 32.2. The number of sulfone groups is 1. The highest BCUT2D eigenvalue weighted by Crippen LogP contribution is 2.32. The van der Waals surface area contributed by atoms with Gasteiger partial charge in [-0.2, -0.15) is 0 Å². The van der Waals surface area contributed by atoms with Gasteiger partial charge >= 0.3 is 0 Å². The lowest BCUT2D eigenvalue weighted by Crippen LogP contribution is -2.50. The molecule has 1 unspecified atom stereocenters. The van der Waals surface area contributed by atoms with E-state index in [0.717, 1.165) is 45.6 Å². The lowest BCUT2D eigenvalue weighted by atomic mass is 9.79. The fraction of sp³-hybridized carbons (Fsp3) is 1.00. The zero-order valence-electron chi connectivity index (χ0n) is 13.6. The van der Waals surface area contributed by atoms with Crippen LogP contribution in [0.5, 0.6) is 0 Å². The van der Waals surface area contributed by atoms with Crippen LogP contribution in [-0.2, 0) is 14.6 Å². The molecule has 0 bridgehead atoms. The fourth-order valence-corrected chi connectivity index (χ4v) is 5.20. The van der Waals surface area contributed by atoms with Gasteiger partial charge in [0, 0.05) is 38.4 Å². The third-order valence-corrected chi connectivity index (χ3v) is 6.61. The van der Waals surface area contributed by atoms with Crippen molar-refractivity contribution in [3.63, 3.8) is 0 Å². The molecular formula is C15H30N2O3S. The van der Waals surface area contributed by atoms with Crippen molar-refractivity contribution in [2.24, 2.45) is 5.41 Å². The van der Waals surface area contributed by atoms with E-state index in [9.17, 15) is 8.42 Å². The molecule has 2 saturated heterocycles. The van der Waals surface area contributed by atoms with Crippen molar-refractivity contribution >= 4 is 9.84 Å². The van der Waals surface area contributed by atoms with E-state index in [1.807, 2.05) is 0 Å². The van der Waals surface area contributed by atoms with Crippen LogP contribution in [0.1, 0.15) is 33.1 Å². The van der Waals surface area contributed by atoms with Gasteiger partial charge in [-0.1, -0.05) is 13.8 Å². The number of hydrogen-bond acceptors (Lipinski definition) is 5. The first-order valence-electron chi connectivity index (χ1n) is 8.04. The van der Waals surface area contributed by atoms with Crippen LogP contribution >= 0.6 is 0 Å². The number of nitrogens with one attached hydrogen (secondary N) is 1. The predicted molar refractivity (Wildman–Crippen MR) is 85.3 cm³/mol. The summed E-state index contributed by atoms with van der Waals surface area (Å²) in [6, 6.07) is 0.663. The molecule has 2 fully saturated rings. The Balaban J connectivity index is 1.97. The van der Waals surface area contributed by atoms with Crippen LogP contribution in [0.25, 0.3) is 0 Å². The van der Waals surface area contributed by atoms with Gasteiger partial charge in [-0.3, -0.25) is 0 Å². The molecule has 2 heterocycles. The van der Waals surface area contributed by atoms with Gasteiger partial charge in [-0.25, -0.2) is 8.42 Å². The van der Waals surface area contributed by atoms with Gasteiger partial charge in [0.25, 0.3) is 0 Å². The van der Waals surface area contributed by atoms with Crippen molar-refractivity contribution in [2.75, 3.05) is 44.9 Å². The minimum Gasteiger partial charge on any atom is -0.381 e. The molecule has 0 aromatic carbocycles. The summed E-state index contributed by atoms with van der Waals surface area (Å²) in [5.74, 6) is 0.677. The molecule has 0 radical (unpaired) electrons. The molecular weight excluding hydrogens is 288 g/mol. The van der Waals surface area contributed by atoms with Gasteiger partial charge in [0.05, 0.1) is 11.5 Å². The van der Waals surface area contributed by atoms with Crippen LogP contribution in [0.15, 0.2) is 0 Å². The van der Waals surface area contributed by atoms with E-state index in [1.54, 1.807) is 0 Å². The van der Waals surface area contributed by atoms with Crippen molar-refractivity contribution in [1.82, 2.24) is 10.2 Å². The molecule has 0 spiro atoms. The number of ether oxygens (including phenoxy) is 1. The van der Waals surface area contributed by atoms with Crippen LogP contribution < -0.4 is 5.32 Å². The van der Waals surface area contributed by atoms with Crippen LogP contribution in [0, 0.1) is 5.41 Å². The molecule has 2 rings (SSSR count). The quantitative estimate of drug-likeness (QED) is 0.788. The number of nitrogens with zero attached hydrogens (tertiary/aromatic N) is 1.